The Balaban J connectivity index is 2.89. The quantitative estimate of drug-likeness (QED) is 0.661. The number of fused-ring (bicyclic) bond motifs is 1. The lowest BCUT2D eigenvalue weighted by atomic mass is 9.98. The van der Waals surface area contributed by atoms with Crippen LogP contribution in [-0.2, 0) is 12.8 Å². The molecule has 0 aliphatic heterocycles. The van der Waals surface area contributed by atoms with Crippen LogP contribution in [0.15, 0.2) is 52.7 Å². The van der Waals surface area contributed by atoms with Gasteiger partial charge in [0.25, 0.3) is 0 Å². The molecule has 2 rings (SSSR count). The Morgan fingerprint density at radius 2 is 1.94 bits per heavy atom. The summed E-state index contributed by atoms with van der Waals surface area (Å²) in [5.74, 6) is 0. The summed E-state index contributed by atoms with van der Waals surface area (Å²) in [6.07, 6.45) is 4.79. The van der Waals surface area contributed by atoms with Crippen molar-refractivity contribution in [3.63, 3.8) is 0 Å². The molecule has 3 nitrogen and oxygen atoms in total. The number of hydrogen-bond donors (Lipinski definition) is 1. The van der Waals surface area contributed by atoms with Crippen molar-refractivity contribution in [3.8, 4) is 0 Å². The van der Waals surface area contributed by atoms with Gasteiger partial charge in [0.05, 0.1) is 0 Å². The fraction of sp³-hybridized carbons (Fsp3) is 0.133. The predicted octanol–water partition coefficient (Wildman–Crippen LogP) is 2.83. The van der Waals surface area contributed by atoms with E-state index in [9.17, 15) is 4.79 Å². The normalized spacial score (nSPS) is 10.4. The van der Waals surface area contributed by atoms with E-state index in [-0.39, 0.29) is 5.69 Å². The van der Waals surface area contributed by atoms with Gasteiger partial charge in [0.2, 0.25) is 0 Å². The van der Waals surface area contributed by atoms with Crippen LogP contribution in [0.5, 0.6) is 0 Å². The SMILES string of the molecule is C=CCc1cccc2oc(=O)c(N)c(CC=C)c12. The average Bonchev–Trinajstić information content (AvgIpc) is 2.35. The molecule has 1 heterocycles. The first-order valence-electron chi connectivity index (χ1n) is 5.74. The molecule has 2 aromatic rings. The number of hydrogen-bond acceptors (Lipinski definition) is 3. The Hall–Kier alpha value is -2.29. The molecular formula is C15H15NO2. The van der Waals surface area contributed by atoms with E-state index in [0.717, 1.165) is 16.5 Å². The van der Waals surface area contributed by atoms with Crippen molar-refractivity contribution in [1.29, 1.82) is 0 Å². The lowest BCUT2D eigenvalue weighted by Gasteiger charge is -2.10. The highest BCUT2D eigenvalue weighted by Crippen LogP contribution is 2.26. The molecule has 1 aromatic heterocycles. The third kappa shape index (κ3) is 1.95. The molecule has 0 aliphatic rings. The minimum Gasteiger partial charge on any atom is -0.421 e. The zero-order valence-electron chi connectivity index (χ0n) is 10.1. The lowest BCUT2D eigenvalue weighted by molar-refractivity contribution is 0.562. The van der Waals surface area contributed by atoms with Crippen LogP contribution in [0.4, 0.5) is 5.69 Å². The van der Waals surface area contributed by atoms with Gasteiger partial charge in [0.15, 0.2) is 0 Å². The molecule has 92 valence electrons. The van der Waals surface area contributed by atoms with Crippen molar-refractivity contribution in [2.45, 2.75) is 12.8 Å². The van der Waals surface area contributed by atoms with Gasteiger partial charge in [-0.05, 0) is 30.0 Å². The molecule has 0 bridgehead atoms. The topological polar surface area (TPSA) is 56.2 Å². The summed E-state index contributed by atoms with van der Waals surface area (Å²) in [6, 6.07) is 5.61. The number of allylic oxidation sites excluding steroid dienone is 2. The Bertz CT molecular complexity index is 668. The van der Waals surface area contributed by atoms with Crippen molar-refractivity contribution in [2.75, 3.05) is 5.73 Å². The van der Waals surface area contributed by atoms with Crippen molar-refractivity contribution in [3.05, 3.63) is 65.1 Å². The predicted molar refractivity (Wildman–Crippen MR) is 74.7 cm³/mol. The van der Waals surface area contributed by atoms with Crippen molar-refractivity contribution in [1.82, 2.24) is 0 Å². The van der Waals surface area contributed by atoms with Crippen LogP contribution in [0.3, 0.4) is 0 Å². The van der Waals surface area contributed by atoms with Crippen LogP contribution in [-0.4, -0.2) is 0 Å². The number of rotatable bonds is 4. The van der Waals surface area contributed by atoms with Crippen LogP contribution in [0.2, 0.25) is 0 Å². The first kappa shape index (κ1) is 12.2. The highest BCUT2D eigenvalue weighted by molar-refractivity contribution is 5.87. The van der Waals surface area contributed by atoms with E-state index in [4.69, 9.17) is 10.2 Å². The maximum absolute atomic E-state index is 11.7. The molecule has 2 N–H and O–H groups in total. The first-order valence-corrected chi connectivity index (χ1v) is 5.74. The number of nitrogens with two attached hydrogens (primary N) is 1. The third-order valence-corrected chi connectivity index (χ3v) is 2.87. The molecule has 0 spiro atoms. The minimum atomic E-state index is -0.491. The van der Waals surface area contributed by atoms with Crippen LogP contribution in [0.25, 0.3) is 11.0 Å². The van der Waals surface area contributed by atoms with E-state index in [1.165, 1.54) is 0 Å². The zero-order chi connectivity index (χ0) is 13.1. The van der Waals surface area contributed by atoms with Gasteiger partial charge in [0, 0.05) is 5.39 Å². The maximum atomic E-state index is 11.7. The standard InChI is InChI=1S/C15H15NO2/c1-3-6-10-8-5-9-12-13(10)11(7-4-2)14(16)15(17)18-12/h3-5,8-9H,1-2,6-7,16H2. The highest BCUT2D eigenvalue weighted by Gasteiger charge is 2.13. The van der Waals surface area contributed by atoms with E-state index in [1.54, 1.807) is 12.1 Å². The lowest BCUT2D eigenvalue weighted by Crippen LogP contribution is -2.11. The molecule has 0 aliphatic carbocycles. The van der Waals surface area contributed by atoms with Gasteiger partial charge in [-0.25, -0.2) is 4.79 Å². The summed E-state index contributed by atoms with van der Waals surface area (Å²) in [5, 5.41) is 0.898. The monoisotopic (exact) mass is 241 g/mol. The Kier molecular flexibility index (Phi) is 3.33. The molecule has 0 amide bonds. The molecule has 0 radical (unpaired) electrons. The summed E-state index contributed by atoms with van der Waals surface area (Å²) in [5.41, 5.74) is 7.89. The second-order valence-electron chi connectivity index (χ2n) is 4.06. The fourth-order valence-corrected chi connectivity index (χ4v) is 2.10. The molecule has 0 unspecified atom stereocenters. The van der Waals surface area contributed by atoms with E-state index in [2.05, 4.69) is 13.2 Å². The molecule has 3 heteroatoms. The number of nitrogen functional groups attached to an aromatic ring is 1. The van der Waals surface area contributed by atoms with Gasteiger partial charge in [-0.3, -0.25) is 0 Å². The highest BCUT2D eigenvalue weighted by atomic mass is 16.4. The van der Waals surface area contributed by atoms with Crippen LogP contribution in [0, 0.1) is 0 Å². The van der Waals surface area contributed by atoms with Gasteiger partial charge < -0.3 is 10.2 Å². The van der Waals surface area contributed by atoms with Crippen molar-refractivity contribution in [2.24, 2.45) is 0 Å². The van der Waals surface area contributed by atoms with Crippen molar-refractivity contribution >= 4 is 16.7 Å². The maximum Gasteiger partial charge on any atom is 0.359 e. The summed E-state index contributed by atoms with van der Waals surface area (Å²) in [7, 11) is 0. The van der Waals surface area contributed by atoms with Gasteiger partial charge in [-0.15, -0.1) is 13.2 Å². The molecular weight excluding hydrogens is 226 g/mol. The summed E-state index contributed by atoms with van der Waals surface area (Å²) in [6.45, 7) is 7.44. The first-order chi connectivity index (χ1) is 8.69. The number of benzene rings is 1. The molecule has 0 atom stereocenters. The second kappa shape index (κ2) is 4.92. The molecule has 0 saturated carbocycles. The Morgan fingerprint density at radius 3 is 2.61 bits per heavy atom. The van der Waals surface area contributed by atoms with Gasteiger partial charge >= 0.3 is 5.63 Å². The van der Waals surface area contributed by atoms with Crippen LogP contribution < -0.4 is 11.4 Å². The van der Waals surface area contributed by atoms with Crippen LogP contribution in [0.1, 0.15) is 11.1 Å². The number of anilines is 1. The Labute approximate surface area is 105 Å². The van der Waals surface area contributed by atoms with E-state index < -0.39 is 5.63 Å². The average molecular weight is 241 g/mol. The summed E-state index contributed by atoms with van der Waals surface area (Å²) in [4.78, 5) is 11.7. The van der Waals surface area contributed by atoms with Crippen molar-refractivity contribution < 1.29 is 4.42 Å². The van der Waals surface area contributed by atoms with E-state index >= 15 is 0 Å². The third-order valence-electron chi connectivity index (χ3n) is 2.87. The molecule has 1 aromatic carbocycles. The van der Waals surface area contributed by atoms with Gasteiger partial charge in [-0.1, -0.05) is 24.3 Å². The second-order valence-corrected chi connectivity index (χ2v) is 4.06. The van der Waals surface area contributed by atoms with Crippen LogP contribution >= 0.6 is 0 Å². The largest absolute Gasteiger partial charge is 0.421 e. The zero-order valence-corrected chi connectivity index (χ0v) is 10.1. The van der Waals surface area contributed by atoms with Gasteiger partial charge in [-0.2, -0.15) is 0 Å². The summed E-state index contributed by atoms with van der Waals surface area (Å²) < 4.78 is 5.22. The Morgan fingerprint density at radius 1 is 1.22 bits per heavy atom. The van der Waals surface area contributed by atoms with Gasteiger partial charge in [0.1, 0.15) is 11.3 Å². The smallest absolute Gasteiger partial charge is 0.359 e. The minimum absolute atomic E-state index is 0.166. The van der Waals surface area contributed by atoms with E-state index in [1.807, 2.05) is 18.2 Å². The van der Waals surface area contributed by atoms with E-state index in [0.29, 0.717) is 18.4 Å². The summed E-state index contributed by atoms with van der Waals surface area (Å²) >= 11 is 0. The fourth-order valence-electron chi connectivity index (χ4n) is 2.10. The molecule has 18 heavy (non-hydrogen) atoms. The molecule has 0 fully saturated rings. The molecule has 0 saturated heterocycles.